The lowest BCUT2D eigenvalue weighted by Gasteiger charge is -2.50. The summed E-state index contributed by atoms with van der Waals surface area (Å²) in [5, 5.41) is 7.54. The van der Waals surface area contributed by atoms with Crippen LogP contribution >= 0.6 is 0 Å². The van der Waals surface area contributed by atoms with Crippen molar-refractivity contribution in [2.75, 3.05) is 44.6 Å². The van der Waals surface area contributed by atoms with Crippen LogP contribution in [0.4, 0.5) is 10.5 Å². The monoisotopic (exact) mass is 355 g/mol. The number of fused-ring (bicyclic) bond motifs is 1. The minimum Gasteiger partial charge on any atom is -0.307 e. The minimum absolute atomic E-state index is 0.105. The Balaban J connectivity index is 1.51. The van der Waals surface area contributed by atoms with E-state index in [0.29, 0.717) is 5.92 Å². The van der Waals surface area contributed by atoms with Gasteiger partial charge in [-0.15, -0.1) is 0 Å². The third kappa shape index (κ3) is 3.48. The number of anilines is 1. The predicted molar refractivity (Wildman–Crippen MR) is 104 cm³/mol. The van der Waals surface area contributed by atoms with Crippen LogP contribution in [0.25, 0.3) is 0 Å². The van der Waals surface area contributed by atoms with E-state index in [1.165, 1.54) is 31.6 Å². The zero-order chi connectivity index (χ0) is 18.0. The van der Waals surface area contributed by atoms with Crippen LogP contribution in [-0.4, -0.2) is 60.8 Å². The number of carbonyl (C=O) groups excluding carboxylic acids is 1. The van der Waals surface area contributed by atoms with Gasteiger partial charge in [-0.25, -0.2) is 10.2 Å². The molecule has 0 saturated carbocycles. The van der Waals surface area contributed by atoms with E-state index in [2.05, 4.69) is 32.6 Å². The van der Waals surface area contributed by atoms with E-state index >= 15 is 0 Å². The number of amides is 2. The molecule has 4 aliphatic heterocycles. The lowest BCUT2D eigenvalue weighted by atomic mass is 9.68. The first kappa shape index (κ1) is 17.5. The SMILES string of the molecule is CCCCC12CN3CCN(CC(C3)C1=NNC(=O)Nc1ccccc1)C2. The van der Waals surface area contributed by atoms with E-state index in [4.69, 9.17) is 0 Å². The van der Waals surface area contributed by atoms with Crippen molar-refractivity contribution in [2.45, 2.75) is 26.2 Å². The number of unbranched alkanes of at least 4 members (excludes halogenated alkanes) is 1. The molecule has 26 heavy (non-hydrogen) atoms. The van der Waals surface area contributed by atoms with Crippen LogP contribution in [0.2, 0.25) is 0 Å². The summed E-state index contributed by atoms with van der Waals surface area (Å²) in [6.45, 7) is 8.90. The molecular formula is C20H29N5O. The zero-order valence-electron chi connectivity index (χ0n) is 15.6. The zero-order valence-corrected chi connectivity index (χ0v) is 15.6. The van der Waals surface area contributed by atoms with Gasteiger partial charge in [0.15, 0.2) is 0 Å². The number of urea groups is 1. The fraction of sp³-hybridized carbons (Fsp3) is 0.600. The number of para-hydroxylation sites is 1. The molecule has 2 amide bonds. The third-order valence-electron chi connectivity index (χ3n) is 5.99. The summed E-state index contributed by atoms with van der Waals surface area (Å²) < 4.78 is 0. The van der Waals surface area contributed by atoms with Crippen molar-refractivity contribution in [3.8, 4) is 0 Å². The summed E-state index contributed by atoms with van der Waals surface area (Å²) in [6.07, 6.45) is 3.57. The second-order valence-corrected chi connectivity index (χ2v) is 7.98. The molecule has 0 radical (unpaired) electrons. The van der Waals surface area contributed by atoms with Gasteiger partial charge in [-0.1, -0.05) is 38.0 Å². The van der Waals surface area contributed by atoms with E-state index in [1.807, 2.05) is 30.3 Å². The Morgan fingerprint density at radius 1 is 1.19 bits per heavy atom. The summed E-state index contributed by atoms with van der Waals surface area (Å²) in [5.74, 6) is 0.439. The van der Waals surface area contributed by atoms with Gasteiger partial charge in [-0.2, -0.15) is 5.10 Å². The highest BCUT2D eigenvalue weighted by Crippen LogP contribution is 2.41. The molecule has 6 nitrogen and oxygen atoms in total. The van der Waals surface area contributed by atoms with Crippen molar-refractivity contribution in [1.29, 1.82) is 0 Å². The highest BCUT2D eigenvalue weighted by molar-refractivity contribution is 5.96. The molecule has 4 bridgehead atoms. The lowest BCUT2D eigenvalue weighted by Crippen LogP contribution is -2.61. The second-order valence-electron chi connectivity index (χ2n) is 7.98. The van der Waals surface area contributed by atoms with Gasteiger partial charge < -0.3 is 15.1 Å². The van der Waals surface area contributed by atoms with Crippen molar-refractivity contribution in [3.63, 3.8) is 0 Å². The molecule has 0 aromatic heterocycles. The number of carbonyl (C=O) groups is 1. The summed E-state index contributed by atoms with van der Waals surface area (Å²) in [4.78, 5) is 17.5. The fourth-order valence-electron chi connectivity index (χ4n) is 4.91. The molecule has 2 N–H and O–H groups in total. The van der Waals surface area contributed by atoms with Crippen LogP contribution in [0.5, 0.6) is 0 Å². The van der Waals surface area contributed by atoms with Crippen LogP contribution in [0.3, 0.4) is 0 Å². The third-order valence-corrected chi connectivity index (χ3v) is 5.99. The number of rotatable bonds is 5. The Labute approximate surface area is 155 Å². The summed E-state index contributed by atoms with van der Waals surface area (Å²) in [6, 6.07) is 9.24. The molecular weight excluding hydrogens is 326 g/mol. The minimum atomic E-state index is -0.262. The highest BCUT2D eigenvalue weighted by Gasteiger charge is 2.51. The molecule has 4 fully saturated rings. The van der Waals surface area contributed by atoms with E-state index in [9.17, 15) is 4.79 Å². The standard InChI is InChI=1S/C20H29N5O/c1-2-3-9-20-14-24-10-11-25(15-20)13-16(12-24)18(20)22-23-19(26)21-17-7-5-4-6-8-17/h4-8,16H,2-3,9-15H2,1H3,(H2,21,23,26). The predicted octanol–water partition coefficient (Wildman–Crippen LogP) is 2.60. The Hall–Kier alpha value is -1.92. The first-order chi connectivity index (χ1) is 12.7. The molecule has 2 unspecified atom stereocenters. The van der Waals surface area contributed by atoms with Gasteiger partial charge in [0, 0.05) is 56.3 Å². The van der Waals surface area contributed by atoms with E-state index < -0.39 is 0 Å². The molecule has 1 aromatic rings. The van der Waals surface area contributed by atoms with Crippen molar-refractivity contribution in [3.05, 3.63) is 30.3 Å². The van der Waals surface area contributed by atoms with Crippen LogP contribution in [0, 0.1) is 11.3 Å². The largest absolute Gasteiger partial charge is 0.339 e. The second kappa shape index (κ2) is 7.37. The van der Waals surface area contributed by atoms with Gasteiger partial charge in [-0.3, -0.25) is 0 Å². The van der Waals surface area contributed by atoms with Gasteiger partial charge in [0.1, 0.15) is 0 Å². The number of piperidine rings is 2. The van der Waals surface area contributed by atoms with E-state index in [-0.39, 0.29) is 11.4 Å². The van der Waals surface area contributed by atoms with Crippen LogP contribution in [0.15, 0.2) is 35.4 Å². The molecule has 2 atom stereocenters. The van der Waals surface area contributed by atoms with Gasteiger partial charge in [0.05, 0.1) is 5.71 Å². The maximum Gasteiger partial charge on any atom is 0.339 e. The van der Waals surface area contributed by atoms with Crippen molar-refractivity contribution >= 4 is 17.4 Å². The summed E-state index contributed by atoms with van der Waals surface area (Å²) in [7, 11) is 0. The fourth-order valence-corrected chi connectivity index (χ4v) is 4.91. The Bertz CT molecular complexity index is 658. The smallest absolute Gasteiger partial charge is 0.307 e. The number of hydrazone groups is 1. The average molecular weight is 355 g/mol. The number of hydrogen-bond acceptors (Lipinski definition) is 4. The quantitative estimate of drug-likeness (QED) is 0.798. The van der Waals surface area contributed by atoms with Gasteiger partial charge in [0.25, 0.3) is 0 Å². The van der Waals surface area contributed by atoms with Crippen LogP contribution < -0.4 is 10.7 Å². The van der Waals surface area contributed by atoms with Crippen LogP contribution in [-0.2, 0) is 0 Å². The Morgan fingerprint density at radius 2 is 1.88 bits per heavy atom. The van der Waals surface area contributed by atoms with E-state index in [0.717, 1.165) is 38.3 Å². The number of hydrogen-bond donors (Lipinski definition) is 2. The summed E-state index contributed by atoms with van der Waals surface area (Å²) in [5.41, 5.74) is 4.89. The number of nitrogens with one attached hydrogen (secondary N) is 2. The van der Waals surface area contributed by atoms with Crippen molar-refractivity contribution in [1.82, 2.24) is 15.2 Å². The first-order valence-electron chi connectivity index (χ1n) is 9.83. The highest BCUT2D eigenvalue weighted by atomic mass is 16.2. The molecule has 0 spiro atoms. The number of benzene rings is 1. The normalized spacial score (nSPS) is 33.9. The summed E-state index contributed by atoms with van der Waals surface area (Å²) >= 11 is 0. The maximum absolute atomic E-state index is 12.3. The Kier molecular flexibility index (Phi) is 4.96. The first-order valence-corrected chi connectivity index (χ1v) is 9.83. The van der Waals surface area contributed by atoms with Crippen LogP contribution in [0.1, 0.15) is 26.2 Å². The number of nitrogens with zero attached hydrogens (tertiary/aromatic N) is 3. The van der Waals surface area contributed by atoms with Crippen molar-refractivity contribution in [2.24, 2.45) is 16.4 Å². The van der Waals surface area contributed by atoms with E-state index in [1.54, 1.807) is 0 Å². The molecule has 4 saturated heterocycles. The molecule has 6 heteroatoms. The topological polar surface area (TPSA) is 60.0 Å². The average Bonchev–Trinajstić information content (AvgIpc) is 2.88. The molecule has 5 rings (SSSR count). The lowest BCUT2D eigenvalue weighted by molar-refractivity contribution is 0.108. The maximum atomic E-state index is 12.3. The van der Waals surface area contributed by atoms with Crippen molar-refractivity contribution < 1.29 is 4.79 Å². The molecule has 140 valence electrons. The van der Waals surface area contributed by atoms with Gasteiger partial charge in [0.2, 0.25) is 0 Å². The molecule has 1 aromatic carbocycles. The molecule has 4 aliphatic rings. The van der Waals surface area contributed by atoms with Gasteiger partial charge >= 0.3 is 6.03 Å². The Morgan fingerprint density at radius 3 is 2.54 bits per heavy atom. The molecule has 0 aliphatic carbocycles. The van der Waals surface area contributed by atoms with Gasteiger partial charge in [-0.05, 0) is 18.6 Å². The molecule has 4 heterocycles.